The van der Waals surface area contributed by atoms with Crippen molar-refractivity contribution in [3.8, 4) is 47.5 Å². The molecule has 0 spiro atoms. The molecule has 0 atom stereocenters. The number of hydrogen-bond donors (Lipinski definition) is 0. The Hall–Kier alpha value is -7.94. The van der Waals surface area contributed by atoms with Crippen LogP contribution in [0.5, 0.6) is 23.3 Å². The molecule has 0 fully saturated rings. The lowest BCUT2D eigenvalue weighted by Crippen LogP contribution is -2.03. The molecule has 0 aliphatic heterocycles. The topological polar surface area (TPSA) is 217 Å². The van der Waals surface area contributed by atoms with Crippen LogP contribution in [0, 0.1) is 45.3 Å². The van der Waals surface area contributed by atoms with Crippen molar-refractivity contribution in [3.05, 3.63) is 95.3 Å². The summed E-state index contributed by atoms with van der Waals surface area (Å²) >= 11 is 0. The smallest absolute Gasteiger partial charge is 0.258 e. The monoisotopic (exact) mass is 620 g/mol. The lowest BCUT2D eigenvalue weighted by atomic mass is 9.99. The van der Waals surface area contributed by atoms with Crippen LogP contribution in [0.3, 0.4) is 0 Å². The van der Waals surface area contributed by atoms with E-state index >= 15 is 0 Å². The summed E-state index contributed by atoms with van der Waals surface area (Å²) in [5.74, 6) is 0.728. The van der Waals surface area contributed by atoms with Gasteiger partial charge in [0.2, 0.25) is 22.7 Å². The lowest BCUT2D eigenvalue weighted by molar-refractivity contribution is 0.460. The Balaban J connectivity index is 1.45. The number of fused-ring (bicyclic) bond motifs is 8. The standard InChI is InChI=1S/C34H12N12O2/c35-13-17-11-21-22(12-18(17)14-36)26-27(43-30-31(42-26)45-33(24(16-38)40-30)47-19-7-3-1-4-8-19)28-25(21)41-29-32(44-28)46-34(23(15-37)39-29)48-20-9-5-2-6-10-20/h1-12H. The number of aromatic nitrogens is 8. The zero-order chi connectivity index (χ0) is 32.8. The predicted molar refractivity (Wildman–Crippen MR) is 168 cm³/mol. The van der Waals surface area contributed by atoms with Gasteiger partial charge in [0, 0.05) is 10.8 Å². The minimum absolute atomic E-state index is 0.0233. The summed E-state index contributed by atoms with van der Waals surface area (Å²) in [5, 5.41) is 40.2. The fraction of sp³-hybridized carbons (Fsp3) is 0. The second-order valence-electron chi connectivity index (χ2n) is 10.1. The molecule has 0 amide bonds. The van der Waals surface area contributed by atoms with E-state index in [0.717, 1.165) is 0 Å². The Morgan fingerprint density at radius 2 is 0.792 bits per heavy atom. The van der Waals surface area contributed by atoms with Gasteiger partial charge in [-0.3, -0.25) is 0 Å². The summed E-state index contributed by atoms with van der Waals surface area (Å²) in [5.41, 5.74) is 1.07. The average molecular weight is 621 g/mol. The van der Waals surface area contributed by atoms with Crippen LogP contribution in [0.2, 0.25) is 0 Å². The van der Waals surface area contributed by atoms with E-state index in [0.29, 0.717) is 22.3 Å². The number of nitriles is 4. The lowest BCUT2D eigenvalue weighted by Gasteiger charge is -2.12. The molecular formula is C34H12N12O2. The molecule has 8 aromatic rings. The third kappa shape index (κ3) is 4.48. The largest absolute Gasteiger partial charge is 0.436 e. The van der Waals surface area contributed by atoms with Crippen molar-refractivity contribution in [1.29, 1.82) is 21.0 Å². The second-order valence-corrected chi connectivity index (χ2v) is 10.1. The molecule has 0 aliphatic carbocycles. The molecule has 0 unspecified atom stereocenters. The van der Waals surface area contributed by atoms with Gasteiger partial charge >= 0.3 is 0 Å². The molecule has 48 heavy (non-hydrogen) atoms. The van der Waals surface area contributed by atoms with E-state index < -0.39 is 0 Å². The summed E-state index contributed by atoms with van der Waals surface area (Å²) < 4.78 is 11.7. The van der Waals surface area contributed by atoms with E-state index in [1.54, 1.807) is 48.5 Å². The van der Waals surface area contributed by atoms with Gasteiger partial charge in [0.05, 0.1) is 11.1 Å². The van der Waals surface area contributed by atoms with Crippen molar-refractivity contribution < 1.29 is 9.47 Å². The maximum absolute atomic E-state index is 9.87. The van der Waals surface area contributed by atoms with Gasteiger partial charge < -0.3 is 9.47 Å². The van der Waals surface area contributed by atoms with E-state index in [2.05, 4.69) is 19.9 Å². The van der Waals surface area contributed by atoms with E-state index in [1.165, 1.54) is 12.1 Å². The van der Waals surface area contributed by atoms with Crippen molar-refractivity contribution >= 4 is 55.4 Å². The van der Waals surface area contributed by atoms with Crippen molar-refractivity contribution in [2.24, 2.45) is 0 Å². The maximum atomic E-state index is 9.87. The fourth-order valence-electron chi connectivity index (χ4n) is 5.11. The molecule has 8 rings (SSSR count). The number of para-hydroxylation sites is 2. The van der Waals surface area contributed by atoms with E-state index in [1.807, 2.05) is 36.4 Å². The quantitative estimate of drug-likeness (QED) is 0.171. The average Bonchev–Trinajstić information content (AvgIpc) is 3.13. The predicted octanol–water partition coefficient (Wildman–Crippen LogP) is 5.68. The van der Waals surface area contributed by atoms with Gasteiger partial charge in [-0.1, -0.05) is 36.4 Å². The molecule has 0 radical (unpaired) electrons. The third-order valence-electron chi connectivity index (χ3n) is 7.24. The van der Waals surface area contributed by atoms with Gasteiger partial charge in [0.1, 0.15) is 57.8 Å². The van der Waals surface area contributed by atoms with Crippen LogP contribution in [-0.2, 0) is 0 Å². The van der Waals surface area contributed by atoms with Crippen molar-refractivity contribution in [3.63, 3.8) is 0 Å². The first-order valence-corrected chi connectivity index (χ1v) is 14.0. The first kappa shape index (κ1) is 27.6. The minimum Gasteiger partial charge on any atom is -0.436 e. The first-order valence-electron chi connectivity index (χ1n) is 14.0. The normalized spacial score (nSPS) is 10.8. The molecular weight excluding hydrogens is 608 g/mol. The molecule has 4 aromatic heterocycles. The van der Waals surface area contributed by atoms with Crippen molar-refractivity contribution in [2.75, 3.05) is 0 Å². The number of rotatable bonds is 4. The number of ether oxygens (including phenoxy) is 2. The van der Waals surface area contributed by atoms with Gasteiger partial charge in [-0.05, 0) is 36.4 Å². The van der Waals surface area contributed by atoms with Gasteiger partial charge in [-0.15, -0.1) is 0 Å². The van der Waals surface area contributed by atoms with E-state index in [9.17, 15) is 21.0 Å². The first-order chi connectivity index (χ1) is 23.6. The second kappa shape index (κ2) is 10.9. The Morgan fingerprint density at radius 1 is 0.417 bits per heavy atom. The molecule has 0 saturated carbocycles. The summed E-state index contributed by atoms with van der Waals surface area (Å²) in [6, 6.07) is 28.7. The Labute approximate surface area is 268 Å². The molecule has 0 aliphatic rings. The summed E-state index contributed by atoms with van der Waals surface area (Å²) in [7, 11) is 0. The Bertz CT molecular complexity index is 2840. The zero-order valence-corrected chi connectivity index (χ0v) is 24.1. The molecule has 14 heteroatoms. The minimum atomic E-state index is -0.121. The Morgan fingerprint density at radius 3 is 1.17 bits per heavy atom. The molecule has 4 heterocycles. The highest BCUT2D eigenvalue weighted by Gasteiger charge is 2.22. The van der Waals surface area contributed by atoms with E-state index in [-0.39, 0.29) is 78.9 Å². The van der Waals surface area contributed by atoms with E-state index in [4.69, 9.17) is 29.4 Å². The van der Waals surface area contributed by atoms with Gasteiger partial charge in [-0.25, -0.2) is 29.9 Å². The highest BCUT2D eigenvalue weighted by Crippen LogP contribution is 2.35. The van der Waals surface area contributed by atoms with Crippen LogP contribution in [0.4, 0.5) is 0 Å². The summed E-state index contributed by atoms with van der Waals surface area (Å²) in [6.07, 6.45) is 0. The molecule has 0 N–H and O–H groups in total. The van der Waals surface area contributed by atoms with Crippen molar-refractivity contribution in [2.45, 2.75) is 0 Å². The highest BCUT2D eigenvalue weighted by molar-refractivity contribution is 6.22. The number of hydrogen-bond acceptors (Lipinski definition) is 14. The number of nitrogens with zero attached hydrogens (tertiary/aromatic N) is 12. The van der Waals surface area contributed by atoms with Crippen LogP contribution >= 0.6 is 0 Å². The molecule has 220 valence electrons. The third-order valence-corrected chi connectivity index (χ3v) is 7.24. The molecule has 0 bridgehead atoms. The highest BCUT2D eigenvalue weighted by atomic mass is 16.5. The van der Waals surface area contributed by atoms with Crippen LogP contribution < -0.4 is 9.47 Å². The molecule has 4 aromatic carbocycles. The number of benzene rings is 4. The van der Waals surface area contributed by atoms with Crippen LogP contribution in [-0.4, -0.2) is 39.9 Å². The van der Waals surface area contributed by atoms with Crippen LogP contribution in [0.25, 0.3) is 55.4 Å². The van der Waals surface area contributed by atoms with Crippen LogP contribution in [0.15, 0.2) is 72.8 Å². The molecule has 14 nitrogen and oxygen atoms in total. The van der Waals surface area contributed by atoms with Crippen molar-refractivity contribution in [1.82, 2.24) is 39.9 Å². The van der Waals surface area contributed by atoms with Gasteiger partial charge in [0.25, 0.3) is 11.8 Å². The van der Waals surface area contributed by atoms with Crippen LogP contribution in [0.1, 0.15) is 22.5 Å². The van der Waals surface area contributed by atoms with Gasteiger partial charge in [-0.2, -0.15) is 31.0 Å². The Kier molecular flexibility index (Phi) is 6.26. The zero-order valence-electron chi connectivity index (χ0n) is 24.1. The summed E-state index contributed by atoms with van der Waals surface area (Å²) in [4.78, 5) is 36.6. The van der Waals surface area contributed by atoms with Gasteiger partial charge in [0.15, 0.2) is 11.3 Å². The molecule has 0 saturated heterocycles. The fourth-order valence-corrected chi connectivity index (χ4v) is 5.11. The summed E-state index contributed by atoms with van der Waals surface area (Å²) in [6.45, 7) is 0. The SMILES string of the molecule is N#Cc1cc2c(cc1C#N)c1nc3nc(C#N)c(Oc4ccccc4)nc3nc1c1nc3nc(C#N)c(Oc4ccccc4)nc3nc21. The maximum Gasteiger partial charge on any atom is 0.258 e.